The number of aryl methyl sites for hydroxylation is 1. The molecular formula is C16H19FN4O2. The molecule has 1 aromatic carbocycles. The van der Waals surface area contributed by atoms with Crippen molar-refractivity contribution in [1.29, 1.82) is 0 Å². The van der Waals surface area contributed by atoms with E-state index in [0.717, 1.165) is 12.8 Å². The lowest BCUT2D eigenvalue weighted by Crippen LogP contribution is -2.39. The van der Waals surface area contributed by atoms with Crippen LogP contribution in [0.4, 0.5) is 14.9 Å². The number of anilines is 1. The van der Waals surface area contributed by atoms with E-state index in [-0.39, 0.29) is 24.4 Å². The number of carbonyl (C=O) groups is 1. The summed E-state index contributed by atoms with van der Waals surface area (Å²) in [6.07, 6.45) is 4.28. The molecule has 0 bridgehead atoms. The van der Waals surface area contributed by atoms with Crippen LogP contribution in [-0.4, -0.2) is 38.4 Å². The van der Waals surface area contributed by atoms with Gasteiger partial charge in [-0.2, -0.15) is 5.10 Å². The number of hydrogen-bond donors (Lipinski definition) is 2. The lowest BCUT2D eigenvalue weighted by Gasteiger charge is -2.25. The summed E-state index contributed by atoms with van der Waals surface area (Å²) >= 11 is 0. The fourth-order valence-corrected chi connectivity index (χ4v) is 2.44. The van der Waals surface area contributed by atoms with E-state index in [0.29, 0.717) is 11.3 Å². The molecule has 23 heavy (non-hydrogen) atoms. The van der Waals surface area contributed by atoms with Gasteiger partial charge in [-0.25, -0.2) is 9.18 Å². The summed E-state index contributed by atoms with van der Waals surface area (Å²) < 4.78 is 14.6. The molecule has 0 aliphatic heterocycles. The van der Waals surface area contributed by atoms with Gasteiger partial charge in [-0.1, -0.05) is 12.1 Å². The number of rotatable bonds is 5. The van der Waals surface area contributed by atoms with E-state index < -0.39 is 6.10 Å². The summed E-state index contributed by atoms with van der Waals surface area (Å²) in [7, 11) is 1.77. The number of amides is 2. The lowest BCUT2D eigenvalue weighted by molar-refractivity contribution is 0.123. The molecule has 1 aliphatic rings. The van der Waals surface area contributed by atoms with Gasteiger partial charge in [0.15, 0.2) is 0 Å². The lowest BCUT2D eigenvalue weighted by atomic mass is 10.1. The van der Waals surface area contributed by atoms with Crippen molar-refractivity contribution in [3.63, 3.8) is 0 Å². The van der Waals surface area contributed by atoms with E-state index in [2.05, 4.69) is 10.4 Å². The van der Waals surface area contributed by atoms with E-state index in [9.17, 15) is 14.3 Å². The Hall–Kier alpha value is -2.41. The van der Waals surface area contributed by atoms with Gasteiger partial charge in [-0.15, -0.1) is 0 Å². The van der Waals surface area contributed by atoms with Gasteiger partial charge in [0.25, 0.3) is 0 Å². The van der Waals surface area contributed by atoms with Gasteiger partial charge in [0.1, 0.15) is 5.82 Å². The maximum absolute atomic E-state index is 13.0. The van der Waals surface area contributed by atoms with Crippen molar-refractivity contribution in [2.24, 2.45) is 7.05 Å². The molecule has 1 fully saturated rings. The Kier molecular flexibility index (Phi) is 4.29. The zero-order valence-electron chi connectivity index (χ0n) is 12.8. The van der Waals surface area contributed by atoms with E-state index in [1.54, 1.807) is 29.0 Å². The SMILES string of the molecule is Cn1cc(NC(=O)N(CC(O)c2ccc(F)cc2)C2CC2)cn1. The van der Waals surface area contributed by atoms with Crippen molar-refractivity contribution >= 4 is 11.7 Å². The Bertz CT molecular complexity index is 682. The van der Waals surface area contributed by atoms with Gasteiger partial charge in [-0.3, -0.25) is 4.68 Å². The number of aromatic nitrogens is 2. The second-order valence-electron chi connectivity index (χ2n) is 5.78. The monoisotopic (exact) mass is 318 g/mol. The molecule has 2 amide bonds. The number of carbonyl (C=O) groups excluding carboxylic acids is 1. The third kappa shape index (κ3) is 3.87. The number of aliphatic hydroxyl groups excluding tert-OH is 1. The maximum Gasteiger partial charge on any atom is 0.322 e. The summed E-state index contributed by atoms with van der Waals surface area (Å²) in [5.41, 5.74) is 1.20. The zero-order valence-corrected chi connectivity index (χ0v) is 12.8. The van der Waals surface area contributed by atoms with Crippen LogP contribution in [0.3, 0.4) is 0 Å². The second kappa shape index (κ2) is 6.37. The van der Waals surface area contributed by atoms with Crippen LogP contribution in [0.25, 0.3) is 0 Å². The molecule has 0 spiro atoms. The van der Waals surface area contributed by atoms with Gasteiger partial charge in [0, 0.05) is 19.3 Å². The number of aliphatic hydroxyl groups is 1. The predicted molar refractivity (Wildman–Crippen MR) is 83.3 cm³/mol. The van der Waals surface area contributed by atoms with E-state index >= 15 is 0 Å². The molecule has 122 valence electrons. The molecule has 1 heterocycles. The quantitative estimate of drug-likeness (QED) is 0.888. The van der Waals surface area contributed by atoms with Crippen LogP contribution >= 0.6 is 0 Å². The number of urea groups is 1. The Balaban J connectivity index is 1.66. The fourth-order valence-electron chi connectivity index (χ4n) is 2.44. The van der Waals surface area contributed by atoms with Gasteiger partial charge in [0.05, 0.1) is 24.5 Å². The molecule has 1 unspecified atom stereocenters. The average molecular weight is 318 g/mol. The summed E-state index contributed by atoms with van der Waals surface area (Å²) in [6, 6.07) is 5.54. The first-order chi connectivity index (χ1) is 11.0. The molecule has 6 nitrogen and oxygen atoms in total. The summed E-state index contributed by atoms with van der Waals surface area (Å²) in [4.78, 5) is 14.1. The van der Waals surface area contributed by atoms with Crippen molar-refractivity contribution in [1.82, 2.24) is 14.7 Å². The van der Waals surface area contributed by atoms with Crippen molar-refractivity contribution in [3.8, 4) is 0 Å². The van der Waals surface area contributed by atoms with Crippen molar-refractivity contribution in [3.05, 3.63) is 48.0 Å². The minimum absolute atomic E-state index is 0.141. The molecule has 1 aromatic heterocycles. The third-order valence-electron chi connectivity index (χ3n) is 3.83. The van der Waals surface area contributed by atoms with Crippen LogP contribution < -0.4 is 5.32 Å². The number of nitrogens with zero attached hydrogens (tertiary/aromatic N) is 3. The molecule has 1 saturated carbocycles. The molecule has 2 N–H and O–H groups in total. The topological polar surface area (TPSA) is 70.4 Å². The van der Waals surface area contributed by atoms with Gasteiger partial charge < -0.3 is 15.3 Å². The third-order valence-corrected chi connectivity index (χ3v) is 3.83. The Labute approximate surface area is 133 Å². The van der Waals surface area contributed by atoms with E-state index in [4.69, 9.17) is 0 Å². The number of halogens is 1. The number of hydrogen-bond acceptors (Lipinski definition) is 3. The van der Waals surface area contributed by atoms with Crippen LogP contribution in [0, 0.1) is 5.82 Å². The summed E-state index contributed by atoms with van der Waals surface area (Å²) in [5, 5.41) is 17.1. The fraction of sp³-hybridized carbons (Fsp3) is 0.375. The average Bonchev–Trinajstić information content (AvgIpc) is 3.28. The van der Waals surface area contributed by atoms with Gasteiger partial charge >= 0.3 is 6.03 Å². The minimum atomic E-state index is -0.851. The molecule has 1 aliphatic carbocycles. The molecule has 0 radical (unpaired) electrons. The number of nitrogens with one attached hydrogen (secondary N) is 1. The maximum atomic E-state index is 13.0. The minimum Gasteiger partial charge on any atom is -0.387 e. The van der Waals surface area contributed by atoms with Crippen molar-refractivity contribution < 1.29 is 14.3 Å². The van der Waals surface area contributed by atoms with E-state index in [1.165, 1.54) is 24.3 Å². The highest BCUT2D eigenvalue weighted by Crippen LogP contribution is 2.29. The standard InChI is InChI=1S/C16H19FN4O2/c1-20-9-13(8-18-20)19-16(23)21(14-6-7-14)10-15(22)11-2-4-12(17)5-3-11/h2-5,8-9,14-15,22H,6-7,10H2,1H3,(H,19,23). The first-order valence-corrected chi connectivity index (χ1v) is 7.53. The second-order valence-corrected chi connectivity index (χ2v) is 5.78. The van der Waals surface area contributed by atoms with Crippen LogP contribution in [-0.2, 0) is 7.05 Å². The Morgan fingerprint density at radius 3 is 2.74 bits per heavy atom. The number of benzene rings is 1. The van der Waals surface area contributed by atoms with Crippen LogP contribution in [0.1, 0.15) is 24.5 Å². The largest absolute Gasteiger partial charge is 0.387 e. The molecule has 0 saturated heterocycles. The zero-order chi connectivity index (χ0) is 16.4. The molecular weight excluding hydrogens is 299 g/mol. The summed E-state index contributed by atoms with van der Waals surface area (Å²) in [6.45, 7) is 0.169. The highest BCUT2D eigenvalue weighted by molar-refractivity contribution is 5.89. The van der Waals surface area contributed by atoms with Crippen molar-refractivity contribution in [2.75, 3.05) is 11.9 Å². The van der Waals surface area contributed by atoms with Gasteiger partial charge in [-0.05, 0) is 30.5 Å². The van der Waals surface area contributed by atoms with Crippen LogP contribution in [0.15, 0.2) is 36.7 Å². The van der Waals surface area contributed by atoms with Crippen LogP contribution in [0.5, 0.6) is 0 Å². The van der Waals surface area contributed by atoms with E-state index in [1.807, 2.05) is 0 Å². The smallest absolute Gasteiger partial charge is 0.322 e. The highest BCUT2D eigenvalue weighted by atomic mass is 19.1. The first-order valence-electron chi connectivity index (χ1n) is 7.53. The molecule has 1 atom stereocenters. The molecule has 2 aromatic rings. The van der Waals surface area contributed by atoms with Crippen LogP contribution in [0.2, 0.25) is 0 Å². The molecule has 3 rings (SSSR count). The highest BCUT2D eigenvalue weighted by Gasteiger charge is 2.34. The Morgan fingerprint density at radius 1 is 1.48 bits per heavy atom. The molecule has 7 heteroatoms. The summed E-state index contributed by atoms with van der Waals surface area (Å²) in [5.74, 6) is -0.352. The first kappa shape index (κ1) is 15.5. The van der Waals surface area contributed by atoms with Gasteiger partial charge in [0.2, 0.25) is 0 Å². The Morgan fingerprint density at radius 2 is 2.17 bits per heavy atom. The predicted octanol–water partition coefficient (Wildman–Crippen LogP) is 2.29. The van der Waals surface area contributed by atoms with Crippen molar-refractivity contribution in [2.45, 2.75) is 25.0 Å². The normalized spacial score (nSPS) is 15.3.